The molecule has 2 nitrogen and oxygen atoms in total. The molecule has 1 aromatic carbocycles. The molecule has 1 fully saturated rings. The Hall–Kier alpha value is -2.48. The van der Waals surface area contributed by atoms with Gasteiger partial charge in [-0.05, 0) is 55.0 Å². The number of hydrogen-bond donors (Lipinski definition) is 0. The van der Waals surface area contributed by atoms with Gasteiger partial charge in [0, 0.05) is 29.3 Å². The molecule has 0 amide bonds. The summed E-state index contributed by atoms with van der Waals surface area (Å²) >= 11 is 0. The van der Waals surface area contributed by atoms with Gasteiger partial charge in [0.15, 0.2) is 6.20 Å². The number of rotatable bonds is 1. The Morgan fingerprint density at radius 3 is 2.65 bits per heavy atom. The summed E-state index contributed by atoms with van der Waals surface area (Å²) in [7, 11) is 2.16. The van der Waals surface area contributed by atoms with Gasteiger partial charge in [-0.15, -0.1) is 0 Å². The lowest BCUT2D eigenvalue weighted by atomic mass is 9.74. The molecule has 2 heterocycles. The molecule has 130 valence electrons. The second-order valence-electron chi connectivity index (χ2n) is 8.07. The molecule has 0 atom stereocenters. The summed E-state index contributed by atoms with van der Waals surface area (Å²) in [5.41, 5.74) is 11.1. The lowest BCUT2D eigenvalue weighted by Crippen LogP contribution is -2.32. The maximum atomic E-state index is 4.82. The van der Waals surface area contributed by atoms with E-state index in [0.29, 0.717) is 0 Å². The van der Waals surface area contributed by atoms with E-state index in [4.69, 9.17) is 4.98 Å². The van der Waals surface area contributed by atoms with Crippen LogP contribution in [-0.4, -0.2) is 4.98 Å². The molecule has 0 aliphatic heterocycles. The van der Waals surface area contributed by atoms with E-state index in [1.165, 1.54) is 70.5 Å². The van der Waals surface area contributed by atoms with E-state index >= 15 is 0 Å². The first-order valence-corrected chi connectivity index (χ1v) is 9.68. The van der Waals surface area contributed by atoms with Gasteiger partial charge < -0.3 is 0 Å². The fourth-order valence-electron chi connectivity index (χ4n) is 5.29. The first-order chi connectivity index (χ1) is 12.6. The molecule has 2 aliphatic carbocycles. The van der Waals surface area contributed by atoms with Gasteiger partial charge in [-0.3, -0.25) is 4.98 Å². The standard InChI is InChI=1S/C24H25N2/c1-16-10-14-26(3)20(15-16)21-17(2)8-9-18-22(21)24(11-4-5-12-24)19-7-6-13-25-23(18)19/h6-10,13-15H,4-5,11-12H2,1-3H3/q+1. The third-order valence-corrected chi connectivity index (χ3v) is 6.49. The Labute approximate surface area is 155 Å². The van der Waals surface area contributed by atoms with Crippen molar-refractivity contribution < 1.29 is 4.57 Å². The van der Waals surface area contributed by atoms with Crippen LogP contribution in [0.4, 0.5) is 0 Å². The monoisotopic (exact) mass is 341 g/mol. The molecular formula is C24H25N2+. The number of hydrogen-bond acceptors (Lipinski definition) is 1. The summed E-state index contributed by atoms with van der Waals surface area (Å²) in [6.45, 7) is 4.45. The van der Waals surface area contributed by atoms with Gasteiger partial charge in [0.25, 0.3) is 0 Å². The van der Waals surface area contributed by atoms with Gasteiger partial charge in [0.1, 0.15) is 7.05 Å². The van der Waals surface area contributed by atoms with Gasteiger partial charge in [0.2, 0.25) is 5.69 Å². The Morgan fingerprint density at radius 2 is 1.85 bits per heavy atom. The van der Waals surface area contributed by atoms with Crippen LogP contribution in [-0.2, 0) is 12.5 Å². The zero-order valence-electron chi connectivity index (χ0n) is 15.8. The third-order valence-electron chi connectivity index (χ3n) is 6.49. The zero-order valence-corrected chi connectivity index (χ0v) is 15.8. The Kier molecular flexibility index (Phi) is 3.34. The van der Waals surface area contributed by atoms with Crippen LogP contribution in [0.3, 0.4) is 0 Å². The van der Waals surface area contributed by atoms with E-state index in [1.54, 1.807) is 0 Å². The smallest absolute Gasteiger partial charge is 0.213 e. The maximum Gasteiger partial charge on any atom is 0.213 e. The van der Waals surface area contributed by atoms with Crippen molar-refractivity contribution in [3.63, 3.8) is 0 Å². The van der Waals surface area contributed by atoms with Crippen LogP contribution in [0, 0.1) is 13.8 Å². The SMILES string of the molecule is Cc1cc[n+](C)c(-c2c(C)ccc3c2C2(CCCC2)c2cccnc2-3)c1. The molecule has 0 bridgehead atoms. The van der Waals surface area contributed by atoms with Crippen LogP contribution in [0.1, 0.15) is 47.9 Å². The van der Waals surface area contributed by atoms with Gasteiger partial charge in [0.05, 0.1) is 11.3 Å². The normalized spacial score (nSPS) is 16.7. The molecule has 0 saturated heterocycles. The molecule has 0 radical (unpaired) electrons. The van der Waals surface area contributed by atoms with E-state index in [-0.39, 0.29) is 5.41 Å². The van der Waals surface area contributed by atoms with E-state index in [1.807, 2.05) is 6.20 Å². The summed E-state index contributed by atoms with van der Waals surface area (Å²) in [5.74, 6) is 0. The van der Waals surface area contributed by atoms with E-state index in [2.05, 4.69) is 68.1 Å². The zero-order chi connectivity index (χ0) is 17.9. The van der Waals surface area contributed by atoms with E-state index in [0.717, 1.165) is 0 Å². The molecule has 2 aliphatic rings. The number of fused-ring (bicyclic) bond motifs is 5. The largest absolute Gasteiger partial charge is 0.256 e. The Bertz CT molecular complexity index is 1030. The van der Waals surface area contributed by atoms with Crippen LogP contribution in [0.25, 0.3) is 22.5 Å². The van der Waals surface area contributed by atoms with E-state index in [9.17, 15) is 0 Å². The molecule has 5 rings (SSSR count). The fourth-order valence-corrected chi connectivity index (χ4v) is 5.29. The summed E-state index contributed by atoms with van der Waals surface area (Å²) < 4.78 is 2.27. The summed E-state index contributed by atoms with van der Waals surface area (Å²) in [4.78, 5) is 4.82. The molecule has 2 heteroatoms. The third kappa shape index (κ3) is 1.99. The van der Waals surface area contributed by atoms with Crippen molar-refractivity contribution in [2.45, 2.75) is 44.9 Å². The van der Waals surface area contributed by atoms with Crippen molar-refractivity contribution in [3.8, 4) is 22.5 Å². The highest BCUT2D eigenvalue weighted by molar-refractivity contribution is 5.87. The minimum atomic E-state index is 0.150. The highest BCUT2D eigenvalue weighted by Crippen LogP contribution is 2.58. The number of aromatic nitrogens is 2. The highest BCUT2D eigenvalue weighted by atomic mass is 14.9. The van der Waals surface area contributed by atoms with Crippen molar-refractivity contribution in [3.05, 3.63) is 71.0 Å². The molecule has 1 spiro atoms. The van der Waals surface area contributed by atoms with Crippen molar-refractivity contribution in [2.24, 2.45) is 7.05 Å². The predicted molar refractivity (Wildman–Crippen MR) is 105 cm³/mol. The molecule has 2 aromatic heterocycles. The second kappa shape index (κ2) is 5.51. The minimum Gasteiger partial charge on any atom is -0.256 e. The van der Waals surface area contributed by atoms with Crippen LogP contribution < -0.4 is 4.57 Å². The second-order valence-corrected chi connectivity index (χ2v) is 8.07. The first-order valence-electron chi connectivity index (χ1n) is 9.68. The highest BCUT2D eigenvalue weighted by Gasteiger charge is 2.48. The van der Waals surface area contributed by atoms with Gasteiger partial charge in [-0.2, -0.15) is 0 Å². The summed E-state index contributed by atoms with van der Waals surface area (Å²) in [6, 6.07) is 13.5. The molecule has 1 saturated carbocycles. The quantitative estimate of drug-likeness (QED) is 0.567. The maximum absolute atomic E-state index is 4.82. The molecular weight excluding hydrogens is 316 g/mol. The lowest BCUT2D eigenvalue weighted by Gasteiger charge is -2.28. The number of pyridine rings is 2. The van der Waals surface area contributed by atoms with Gasteiger partial charge in [-0.25, -0.2) is 4.57 Å². The fraction of sp³-hybridized carbons (Fsp3) is 0.333. The van der Waals surface area contributed by atoms with Crippen LogP contribution in [0.2, 0.25) is 0 Å². The molecule has 26 heavy (non-hydrogen) atoms. The molecule has 0 N–H and O–H groups in total. The molecule has 0 unspecified atom stereocenters. The summed E-state index contributed by atoms with van der Waals surface area (Å²) in [5, 5.41) is 0. The van der Waals surface area contributed by atoms with Gasteiger partial charge >= 0.3 is 0 Å². The van der Waals surface area contributed by atoms with E-state index < -0.39 is 0 Å². The number of aryl methyl sites for hydroxylation is 3. The topological polar surface area (TPSA) is 16.8 Å². The Morgan fingerprint density at radius 1 is 1.04 bits per heavy atom. The van der Waals surface area contributed by atoms with Crippen molar-refractivity contribution >= 4 is 0 Å². The van der Waals surface area contributed by atoms with Crippen LogP contribution in [0.15, 0.2) is 48.8 Å². The van der Waals surface area contributed by atoms with Crippen molar-refractivity contribution in [1.29, 1.82) is 0 Å². The van der Waals surface area contributed by atoms with Gasteiger partial charge in [-0.1, -0.05) is 31.0 Å². The average molecular weight is 341 g/mol. The lowest BCUT2D eigenvalue weighted by molar-refractivity contribution is -0.660. The number of nitrogens with zero attached hydrogens (tertiary/aromatic N) is 2. The van der Waals surface area contributed by atoms with Crippen molar-refractivity contribution in [2.75, 3.05) is 0 Å². The van der Waals surface area contributed by atoms with Crippen LogP contribution >= 0.6 is 0 Å². The average Bonchev–Trinajstić information content (AvgIpc) is 3.24. The number of benzene rings is 1. The first kappa shape index (κ1) is 15.7. The summed E-state index contributed by atoms with van der Waals surface area (Å²) in [6.07, 6.45) is 9.23. The minimum absolute atomic E-state index is 0.150. The molecule has 3 aromatic rings. The Balaban J connectivity index is 1.90. The van der Waals surface area contributed by atoms with Crippen molar-refractivity contribution in [1.82, 2.24) is 4.98 Å². The predicted octanol–water partition coefficient (Wildman–Crippen LogP) is 5.03. The van der Waals surface area contributed by atoms with Crippen LogP contribution in [0.5, 0.6) is 0 Å².